The van der Waals surface area contributed by atoms with E-state index in [2.05, 4.69) is 35.9 Å². The van der Waals surface area contributed by atoms with E-state index in [-0.39, 0.29) is 37.9 Å². The first kappa shape index (κ1) is 31.3. The number of carbonyl (C=O) groups is 5. The number of carboxylic acid groups (broad SMARTS) is 1. The lowest BCUT2D eigenvalue weighted by molar-refractivity contribution is -0.142. The van der Waals surface area contributed by atoms with Crippen LogP contribution < -0.4 is 27.4 Å². The standard InChI is InChI=1S/C26H33N9O7/c27-18(8-15-10-29-12-31-15)23(38)34-20(7-14-1-3-17(36)4-2-14)25(40)33-19(5-6-22(28)37)24(39)35-21(26(41)42)9-16-11-30-13-32-16/h1-4,10-13,18-21,36H,5-9,27H2,(H2,28,37)(H,29,31)(H,30,32)(H,33,40)(H,34,38)(H,35,39)(H,41,42). The Morgan fingerprint density at radius 1 is 0.786 bits per heavy atom. The Labute approximate surface area is 239 Å². The molecule has 224 valence electrons. The molecule has 3 aromatic rings. The Hall–Kier alpha value is -5.25. The summed E-state index contributed by atoms with van der Waals surface area (Å²) in [7, 11) is 0. The molecule has 0 aliphatic carbocycles. The van der Waals surface area contributed by atoms with Crippen LogP contribution in [-0.2, 0) is 43.2 Å². The molecule has 2 heterocycles. The number of nitrogens with two attached hydrogens (primary N) is 2. The Morgan fingerprint density at radius 3 is 1.88 bits per heavy atom. The van der Waals surface area contributed by atoms with Crippen molar-refractivity contribution in [1.29, 1.82) is 0 Å². The quantitative estimate of drug-likeness (QED) is 0.0894. The molecule has 16 heteroatoms. The number of aliphatic carboxylic acids is 1. The summed E-state index contributed by atoms with van der Waals surface area (Å²) in [6.07, 6.45) is 5.12. The van der Waals surface area contributed by atoms with E-state index in [4.69, 9.17) is 11.5 Å². The molecule has 0 aliphatic heterocycles. The van der Waals surface area contributed by atoms with E-state index in [1.165, 1.54) is 37.2 Å². The third kappa shape index (κ3) is 9.74. The zero-order valence-electron chi connectivity index (χ0n) is 22.4. The van der Waals surface area contributed by atoms with Gasteiger partial charge in [-0.3, -0.25) is 19.2 Å². The van der Waals surface area contributed by atoms with E-state index in [1.54, 1.807) is 12.1 Å². The molecule has 0 saturated carbocycles. The zero-order valence-corrected chi connectivity index (χ0v) is 22.4. The fourth-order valence-electron chi connectivity index (χ4n) is 4.00. The van der Waals surface area contributed by atoms with E-state index in [0.29, 0.717) is 17.0 Å². The number of nitrogens with zero attached hydrogens (tertiary/aromatic N) is 2. The van der Waals surface area contributed by atoms with E-state index in [0.717, 1.165) is 0 Å². The average Bonchev–Trinajstić information content (AvgIpc) is 3.65. The van der Waals surface area contributed by atoms with Crippen LogP contribution in [0.5, 0.6) is 5.75 Å². The van der Waals surface area contributed by atoms with Crippen molar-refractivity contribution in [2.75, 3.05) is 0 Å². The average molecular weight is 584 g/mol. The van der Waals surface area contributed by atoms with Crippen molar-refractivity contribution < 1.29 is 34.2 Å². The number of amides is 4. The van der Waals surface area contributed by atoms with Crippen molar-refractivity contribution in [1.82, 2.24) is 35.9 Å². The SMILES string of the molecule is NC(=O)CCC(NC(=O)C(Cc1ccc(O)cc1)NC(=O)C(N)Cc1cnc[nH]1)C(=O)NC(Cc1cnc[nH]1)C(=O)O. The van der Waals surface area contributed by atoms with E-state index in [9.17, 15) is 34.2 Å². The van der Waals surface area contributed by atoms with Gasteiger partial charge in [-0.05, 0) is 24.1 Å². The number of H-pyrrole nitrogens is 2. The minimum absolute atomic E-state index is 0.00309. The van der Waals surface area contributed by atoms with Crippen LogP contribution in [0.25, 0.3) is 0 Å². The molecular weight excluding hydrogens is 550 g/mol. The molecule has 0 radical (unpaired) electrons. The normalized spacial score (nSPS) is 13.7. The van der Waals surface area contributed by atoms with Crippen molar-refractivity contribution in [2.45, 2.75) is 56.3 Å². The number of rotatable bonds is 16. The molecule has 42 heavy (non-hydrogen) atoms. The van der Waals surface area contributed by atoms with Gasteiger partial charge < -0.3 is 47.6 Å². The number of aromatic nitrogens is 4. The smallest absolute Gasteiger partial charge is 0.326 e. The van der Waals surface area contributed by atoms with Gasteiger partial charge in [0.05, 0.1) is 18.7 Å². The highest BCUT2D eigenvalue weighted by Crippen LogP contribution is 2.12. The number of imidazole rings is 2. The molecule has 1 aromatic carbocycles. The molecule has 16 nitrogen and oxygen atoms in total. The topological polar surface area (TPSA) is 271 Å². The van der Waals surface area contributed by atoms with Gasteiger partial charge in [0, 0.05) is 49.5 Å². The van der Waals surface area contributed by atoms with Gasteiger partial charge in [0.15, 0.2) is 0 Å². The number of phenols is 1. The van der Waals surface area contributed by atoms with Crippen molar-refractivity contribution in [3.8, 4) is 5.75 Å². The van der Waals surface area contributed by atoms with Crippen LogP contribution in [0.1, 0.15) is 29.8 Å². The summed E-state index contributed by atoms with van der Waals surface area (Å²) < 4.78 is 0. The van der Waals surface area contributed by atoms with Crippen molar-refractivity contribution in [3.63, 3.8) is 0 Å². The number of hydrogen-bond acceptors (Lipinski definition) is 9. The van der Waals surface area contributed by atoms with Gasteiger partial charge in [0.2, 0.25) is 23.6 Å². The molecular formula is C26H33N9O7. The van der Waals surface area contributed by atoms with Crippen LogP contribution in [0.3, 0.4) is 0 Å². The molecule has 0 spiro atoms. The van der Waals surface area contributed by atoms with Gasteiger partial charge in [-0.1, -0.05) is 12.1 Å². The monoisotopic (exact) mass is 583 g/mol. The second-order valence-electron chi connectivity index (χ2n) is 9.57. The Bertz CT molecular complexity index is 1340. The summed E-state index contributed by atoms with van der Waals surface area (Å²) in [6, 6.07) is 0.890. The molecule has 4 atom stereocenters. The molecule has 4 amide bonds. The molecule has 11 N–H and O–H groups in total. The maximum absolute atomic E-state index is 13.5. The molecule has 0 fully saturated rings. The van der Waals surface area contributed by atoms with Gasteiger partial charge in [-0.2, -0.15) is 0 Å². The Morgan fingerprint density at radius 2 is 1.33 bits per heavy atom. The minimum Gasteiger partial charge on any atom is -0.508 e. The number of primary amides is 1. The molecule has 3 rings (SSSR count). The Balaban J connectivity index is 1.77. The van der Waals surface area contributed by atoms with Crippen LogP contribution in [0, 0.1) is 0 Å². The predicted molar refractivity (Wildman–Crippen MR) is 146 cm³/mol. The first-order valence-corrected chi connectivity index (χ1v) is 12.9. The first-order valence-electron chi connectivity index (χ1n) is 12.9. The van der Waals surface area contributed by atoms with E-state index >= 15 is 0 Å². The van der Waals surface area contributed by atoms with Gasteiger partial charge >= 0.3 is 5.97 Å². The number of hydrogen-bond donors (Lipinski definition) is 9. The predicted octanol–water partition coefficient (Wildman–Crippen LogP) is -2.00. The number of nitrogens with one attached hydrogen (secondary N) is 5. The summed E-state index contributed by atoms with van der Waals surface area (Å²) in [5.74, 6) is -4.41. The van der Waals surface area contributed by atoms with E-state index < -0.39 is 53.8 Å². The van der Waals surface area contributed by atoms with Gasteiger partial charge in [-0.25, -0.2) is 14.8 Å². The van der Waals surface area contributed by atoms with Gasteiger partial charge in [0.1, 0.15) is 23.9 Å². The lowest BCUT2D eigenvalue weighted by atomic mass is 10.0. The molecule has 4 unspecified atom stereocenters. The second kappa shape index (κ2) is 14.9. The summed E-state index contributed by atoms with van der Waals surface area (Å²) in [6.45, 7) is 0. The number of aromatic hydroxyl groups is 1. The number of carboxylic acids is 1. The van der Waals surface area contributed by atoms with Gasteiger partial charge in [-0.15, -0.1) is 0 Å². The minimum atomic E-state index is -1.38. The van der Waals surface area contributed by atoms with Crippen LogP contribution in [-0.4, -0.2) is 83.9 Å². The highest BCUT2D eigenvalue weighted by Gasteiger charge is 2.31. The van der Waals surface area contributed by atoms with Crippen molar-refractivity contribution in [2.24, 2.45) is 11.5 Å². The largest absolute Gasteiger partial charge is 0.508 e. The molecule has 0 saturated heterocycles. The summed E-state index contributed by atoms with van der Waals surface area (Å²) in [5, 5.41) is 26.7. The van der Waals surface area contributed by atoms with Crippen LogP contribution in [0.15, 0.2) is 49.3 Å². The number of aromatic amines is 2. The van der Waals surface area contributed by atoms with Crippen molar-refractivity contribution >= 4 is 29.6 Å². The highest BCUT2D eigenvalue weighted by atomic mass is 16.4. The highest BCUT2D eigenvalue weighted by molar-refractivity contribution is 5.94. The van der Waals surface area contributed by atoms with Crippen LogP contribution in [0.2, 0.25) is 0 Å². The second-order valence-corrected chi connectivity index (χ2v) is 9.57. The summed E-state index contributed by atoms with van der Waals surface area (Å²) >= 11 is 0. The number of benzene rings is 1. The fourth-order valence-corrected chi connectivity index (χ4v) is 4.00. The third-order valence-corrected chi connectivity index (χ3v) is 6.25. The third-order valence-electron chi connectivity index (χ3n) is 6.25. The molecule has 0 aliphatic rings. The zero-order chi connectivity index (χ0) is 30.6. The Kier molecular flexibility index (Phi) is 11.1. The van der Waals surface area contributed by atoms with E-state index in [1.807, 2.05) is 0 Å². The first-order chi connectivity index (χ1) is 20.0. The lowest BCUT2D eigenvalue weighted by Crippen LogP contribution is -2.58. The molecule has 0 bridgehead atoms. The molecule has 2 aromatic heterocycles. The van der Waals surface area contributed by atoms with Crippen LogP contribution in [0.4, 0.5) is 0 Å². The van der Waals surface area contributed by atoms with Crippen LogP contribution >= 0.6 is 0 Å². The fraction of sp³-hybridized carbons (Fsp3) is 0.346. The summed E-state index contributed by atoms with van der Waals surface area (Å²) in [5.41, 5.74) is 12.9. The maximum Gasteiger partial charge on any atom is 0.326 e. The maximum atomic E-state index is 13.5. The van der Waals surface area contributed by atoms with Gasteiger partial charge in [0.25, 0.3) is 0 Å². The summed E-state index contributed by atoms with van der Waals surface area (Å²) in [4.78, 5) is 76.1. The van der Waals surface area contributed by atoms with Crippen molar-refractivity contribution in [3.05, 3.63) is 66.3 Å². The number of carbonyl (C=O) groups excluding carboxylic acids is 4. The lowest BCUT2D eigenvalue weighted by Gasteiger charge is -2.25. The number of phenolic OH excluding ortho intramolecular Hbond substituents is 1.